The molecule has 10 aromatic rings. The van der Waals surface area contributed by atoms with Crippen LogP contribution in [0, 0.1) is 0 Å². The molecule has 0 aliphatic rings. The summed E-state index contributed by atoms with van der Waals surface area (Å²) >= 11 is 0. The van der Waals surface area contributed by atoms with Gasteiger partial charge in [0.05, 0.1) is 44.8 Å². The average molecular weight is 639 g/mol. The molecule has 4 heteroatoms. The summed E-state index contributed by atoms with van der Waals surface area (Å²) < 4.78 is 4.69. The van der Waals surface area contributed by atoms with Crippen molar-refractivity contribution in [2.24, 2.45) is 0 Å². The summed E-state index contributed by atoms with van der Waals surface area (Å²) in [5.74, 6) is 0. The molecule has 0 fully saturated rings. The molecule has 50 heavy (non-hydrogen) atoms. The first-order valence-electron chi connectivity index (χ1n) is 16.9. The average Bonchev–Trinajstić information content (AvgIpc) is 3.71. The molecule has 0 spiro atoms. The SMILES string of the molecule is c1ccc(-n2c3ccccc3c3ccc(-c4cccc(-c5cccc(-c6ccc7c8ccccc8n(-c8ccccc8)c7c6)n5)n4)cc32)cc1. The number of fused-ring (bicyclic) bond motifs is 6. The minimum Gasteiger partial charge on any atom is -0.309 e. The van der Waals surface area contributed by atoms with Crippen LogP contribution in [0.3, 0.4) is 0 Å². The molecule has 0 bridgehead atoms. The van der Waals surface area contributed by atoms with Gasteiger partial charge in [-0.25, -0.2) is 9.97 Å². The number of hydrogen-bond acceptors (Lipinski definition) is 2. The van der Waals surface area contributed by atoms with E-state index in [1.165, 1.54) is 32.6 Å². The quantitative estimate of drug-likeness (QED) is 0.188. The van der Waals surface area contributed by atoms with Crippen molar-refractivity contribution in [1.82, 2.24) is 19.1 Å². The standard InChI is InChI=1S/C46H30N4/c1-3-13-33(14-4-1)49-43-23-9-7-17-35(43)37-27-25-31(29-45(37)49)39-19-11-21-41(47-39)42-22-12-20-40(48-42)32-26-28-38-36-18-8-10-24-44(36)50(46(38)30-32)34-15-5-2-6-16-34/h1-30H. The van der Waals surface area contributed by atoms with Crippen LogP contribution >= 0.6 is 0 Å². The number of hydrogen-bond donors (Lipinski definition) is 0. The highest BCUT2D eigenvalue weighted by Crippen LogP contribution is 2.36. The molecule has 4 aromatic heterocycles. The fourth-order valence-corrected chi connectivity index (χ4v) is 7.45. The zero-order chi connectivity index (χ0) is 33.0. The van der Waals surface area contributed by atoms with E-state index in [4.69, 9.17) is 9.97 Å². The number of benzene rings is 6. The normalized spacial score (nSPS) is 11.6. The van der Waals surface area contributed by atoms with Gasteiger partial charge in [0.15, 0.2) is 0 Å². The fraction of sp³-hybridized carbons (Fsp3) is 0. The Morgan fingerprint density at radius 1 is 0.280 bits per heavy atom. The van der Waals surface area contributed by atoms with Crippen LogP contribution in [0.1, 0.15) is 0 Å². The number of rotatable bonds is 5. The first-order valence-corrected chi connectivity index (χ1v) is 16.9. The topological polar surface area (TPSA) is 35.6 Å². The van der Waals surface area contributed by atoms with E-state index < -0.39 is 0 Å². The zero-order valence-corrected chi connectivity index (χ0v) is 27.1. The Morgan fingerprint density at radius 2 is 0.660 bits per heavy atom. The minimum atomic E-state index is 0.840. The summed E-state index contributed by atoms with van der Waals surface area (Å²) in [5, 5.41) is 4.93. The van der Waals surface area contributed by atoms with E-state index in [9.17, 15) is 0 Å². The van der Waals surface area contributed by atoms with Gasteiger partial charge in [0.25, 0.3) is 0 Å². The minimum absolute atomic E-state index is 0.840. The van der Waals surface area contributed by atoms with Crippen LogP contribution < -0.4 is 0 Å². The number of aromatic nitrogens is 4. The molecule has 0 N–H and O–H groups in total. The molecule has 0 atom stereocenters. The lowest BCUT2D eigenvalue weighted by Crippen LogP contribution is -1.95. The van der Waals surface area contributed by atoms with Crippen molar-refractivity contribution in [1.29, 1.82) is 0 Å². The molecule has 6 aromatic carbocycles. The Balaban J connectivity index is 1.07. The molecule has 0 aliphatic carbocycles. The van der Waals surface area contributed by atoms with Crippen LogP contribution in [-0.2, 0) is 0 Å². The Morgan fingerprint density at radius 3 is 1.12 bits per heavy atom. The molecule has 0 radical (unpaired) electrons. The molecular weight excluding hydrogens is 609 g/mol. The van der Waals surface area contributed by atoms with E-state index in [0.717, 1.165) is 56.3 Å². The van der Waals surface area contributed by atoms with Gasteiger partial charge in [-0.3, -0.25) is 0 Å². The predicted octanol–water partition coefficient (Wildman–Crippen LogP) is 11.7. The molecule has 4 nitrogen and oxygen atoms in total. The summed E-state index contributed by atoms with van der Waals surface area (Å²) in [7, 11) is 0. The van der Waals surface area contributed by atoms with Crippen LogP contribution in [0.4, 0.5) is 0 Å². The lowest BCUT2D eigenvalue weighted by atomic mass is 10.1. The number of pyridine rings is 2. The fourth-order valence-electron chi connectivity index (χ4n) is 7.45. The van der Waals surface area contributed by atoms with Gasteiger partial charge in [0.2, 0.25) is 0 Å². The van der Waals surface area contributed by atoms with Crippen LogP contribution in [0.2, 0.25) is 0 Å². The van der Waals surface area contributed by atoms with Crippen molar-refractivity contribution in [3.05, 3.63) is 182 Å². The molecule has 234 valence electrons. The molecule has 10 rings (SSSR count). The largest absolute Gasteiger partial charge is 0.309 e. The summed E-state index contributed by atoms with van der Waals surface area (Å²) in [6, 6.07) is 64.1. The highest BCUT2D eigenvalue weighted by atomic mass is 15.0. The Labute approximate surface area is 289 Å². The molecule has 0 saturated heterocycles. The lowest BCUT2D eigenvalue weighted by molar-refractivity contribution is 1.18. The van der Waals surface area contributed by atoms with Crippen molar-refractivity contribution in [3.8, 4) is 45.3 Å². The first kappa shape index (κ1) is 28.3. The maximum atomic E-state index is 5.17. The Kier molecular flexibility index (Phi) is 6.46. The second-order valence-electron chi connectivity index (χ2n) is 12.7. The third-order valence-electron chi connectivity index (χ3n) is 9.73. The summed E-state index contributed by atoms with van der Waals surface area (Å²) in [5.41, 5.74) is 12.6. The van der Waals surface area contributed by atoms with E-state index in [1.807, 2.05) is 12.1 Å². The van der Waals surface area contributed by atoms with Crippen LogP contribution in [0.15, 0.2) is 182 Å². The van der Waals surface area contributed by atoms with E-state index >= 15 is 0 Å². The van der Waals surface area contributed by atoms with Gasteiger partial charge in [0, 0.05) is 44.0 Å². The molecule has 4 heterocycles. The molecular formula is C46H30N4. The van der Waals surface area contributed by atoms with Crippen molar-refractivity contribution in [3.63, 3.8) is 0 Å². The van der Waals surface area contributed by atoms with E-state index in [0.29, 0.717) is 0 Å². The second kappa shape index (κ2) is 11.4. The van der Waals surface area contributed by atoms with E-state index in [1.54, 1.807) is 0 Å². The highest BCUT2D eigenvalue weighted by Gasteiger charge is 2.16. The van der Waals surface area contributed by atoms with Gasteiger partial charge >= 0.3 is 0 Å². The van der Waals surface area contributed by atoms with Gasteiger partial charge in [0.1, 0.15) is 0 Å². The zero-order valence-electron chi connectivity index (χ0n) is 27.1. The lowest BCUT2D eigenvalue weighted by Gasteiger charge is -2.10. The summed E-state index contributed by atoms with van der Waals surface area (Å²) in [4.78, 5) is 10.3. The third-order valence-corrected chi connectivity index (χ3v) is 9.73. The molecule has 0 amide bonds. The van der Waals surface area contributed by atoms with Crippen molar-refractivity contribution >= 4 is 43.6 Å². The van der Waals surface area contributed by atoms with Crippen LogP contribution in [0.5, 0.6) is 0 Å². The third kappa shape index (κ3) is 4.54. The smallest absolute Gasteiger partial charge is 0.0893 e. The summed E-state index contributed by atoms with van der Waals surface area (Å²) in [6.45, 7) is 0. The number of nitrogens with zero attached hydrogens (tertiary/aromatic N) is 4. The van der Waals surface area contributed by atoms with Crippen molar-refractivity contribution in [2.75, 3.05) is 0 Å². The number of para-hydroxylation sites is 4. The van der Waals surface area contributed by atoms with Crippen molar-refractivity contribution < 1.29 is 0 Å². The molecule has 0 aliphatic heterocycles. The van der Waals surface area contributed by atoms with E-state index in [-0.39, 0.29) is 0 Å². The summed E-state index contributed by atoms with van der Waals surface area (Å²) in [6.07, 6.45) is 0. The maximum absolute atomic E-state index is 5.17. The second-order valence-corrected chi connectivity index (χ2v) is 12.7. The molecule has 0 unspecified atom stereocenters. The van der Waals surface area contributed by atoms with Gasteiger partial charge < -0.3 is 9.13 Å². The van der Waals surface area contributed by atoms with Gasteiger partial charge in [-0.05, 0) is 72.8 Å². The molecule has 0 saturated carbocycles. The van der Waals surface area contributed by atoms with Crippen LogP contribution in [-0.4, -0.2) is 19.1 Å². The van der Waals surface area contributed by atoms with Gasteiger partial charge in [-0.2, -0.15) is 0 Å². The van der Waals surface area contributed by atoms with Crippen LogP contribution in [0.25, 0.3) is 88.9 Å². The van der Waals surface area contributed by atoms with Crippen molar-refractivity contribution in [2.45, 2.75) is 0 Å². The predicted molar refractivity (Wildman–Crippen MR) is 207 cm³/mol. The first-order chi connectivity index (χ1) is 24.8. The monoisotopic (exact) mass is 638 g/mol. The Hall–Kier alpha value is -6.78. The maximum Gasteiger partial charge on any atom is 0.0893 e. The van der Waals surface area contributed by atoms with Gasteiger partial charge in [-0.15, -0.1) is 0 Å². The van der Waals surface area contributed by atoms with Gasteiger partial charge in [-0.1, -0.05) is 109 Å². The Bertz CT molecular complexity index is 2670. The highest BCUT2D eigenvalue weighted by molar-refractivity contribution is 6.11. The van der Waals surface area contributed by atoms with E-state index in [2.05, 4.69) is 179 Å².